The van der Waals surface area contributed by atoms with Gasteiger partial charge in [0.2, 0.25) is 0 Å². The summed E-state index contributed by atoms with van der Waals surface area (Å²) in [5.41, 5.74) is 2.75. The van der Waals surface area contributed by atoms with Crippen molar-refractivity contribution in [1.29, 1.82) is 0 Å². The molecule has 5 rings (SSSR count). The molecule has 0 amide bonds. The van der Waals surface area contributed by atoms with Crippen molar-refractivity contribution in [3.63, 3.8) is 0 Å². The molecule has 0 aromatic heterocycles. The fourth-order valence-electron chi connectivity index (χ4n) is 8.73. The summed E-state index contributed by atoms with van der Waals surface area (Å²) in [5.74, 6) is 1.81. The topological polar surface area (TPSA) is 20.2 Å². The van der Waals surface area contributed by atoms with Crippen LogP contribution in [0.2, 0.25) is 0 Å². The average molecular weight is 288 g/mol. The smallest absolute Gasteiger partial charge is 0.0543 e. The van der Waals surface area contributed by atoms with Crippen LogP contribution in [0.5, 0.6) is 0 Å². The van der Waals surface area contributed by atoms with Gasteiger partial charge in [-0.25, -0.2) is 0 Å². The molecule has 1 N–H and O–H groups in total. The van der Waals surface area contributed by atoms with E-state index in [2.05, 4.69) is 13.8 Å². The maximum atomic E-state index is 10.1. The van der Waals surface area contributed by atoms with Crippen molar-refractivity contribution < 1.29 is 5.11 Å². The first-order chi connectivity index (χ1) is 9.96. The van der Waals surface area contributed by atoms with Gasteiger partial charge in [-0.2, -0.15) is 0 Å². The molecule has 0 aromatic rings. The standard InChI is InChI=1S/C20H32O/c1-17-7-3-8-20(17)13-19(20)11-4-14-12-15(21)5-10-18(14,2)16(19)6-9-17/h14-16,21H,3-13H2,1-2H3/t14-,15-,16+,17-,18-,19-,20?/m0/s1. The van der Waals surface area contributed by atoms with Crippen molar-refractivity contribution in [2.24, 2.45) is 33.5 Å². The van der Waals surface area contributed by atoms with E-state index in [9.17, 15) is 5.11 Å². The summed E-state index contributed by atoms with van der Waals surface area (Å²) in [6, 6.07) is 0. The number of aliphatic hydroxyl groups is 1. The second kappa shape index (κ2) is 3.71. The molecule has 0 aromatic carbocycles. The fraction of sp³-hybridized carbons (Fsp3) is 1.00. The molecule has 21 heavy (non-hydrogen) atoms. The van der Waals surface area contributed by atoms with Crippen LogP contribution in [0.1, 0.15) is 84.5 Å². The van der Waals surface area contributed by atoms with Crippen LogP contribution in [-0.2, 0) is 0 Å². The molecule has 0 radical (unpaired) electrons. The van der Waals surface area contributed by atoms with E-state index in [1.54, 1.807) is 12.8 Å². The van der Waals surface area contributed by atoms with Gasteiger partial charge in [0.1, 0.15) is 0 Å². The molecule has 0 saturated heterocycles. The predicted octanol–water partition coefficient (Wildman–Crippen LogP) is 4.92. The van der Waals surface area contributed by atoms with E-state index in [1.807, 2.05) is 0 Å². The average Bonchev–Trinajstić information content (AvgIpc) is 2.99. The Morgan fingerprint density at radius 2 is 1.76 bits per heavy atom. The number of hydrogen-bond acceptors (Lipinski definition) is 1. The number of rotatable bonds is 0. The van der Waals surface area contributed by atoms with E-state index < -0.39 is 0 Å². The van der Waals surface area contributed by atoms with Crippen LogP contribution in [-0.4, -0.2) is 11.2 Å². The van der Waals surface area contributed by atoms with Crippen molar-refractivity contribution in [3.8, 4) is 0 Å². The normalized spacial score (nSPS) is 65.0. The van der Waals surface area contributed by atoms with E-state index >= 15 is 0 Å². The van der Waals surface area contributed by atoms with Gasteiger partial charge in [0.05, 0.1) is 6.10 Å². The monoisotopic (exact) mass is 288 g/mol. The maximum Gasteiger partial charge on any atom is 0.0543 e. The van der Waals surface area contributed by atoms with Crippen LogP contribution in [0.25, 0.3) is 0 Å². The van der Waals surface area contributed by atoms with Gasteiger partial charge in [0.15, 0.2) is 0 Å². The molecule has 5 aliphatic rings. The third kappa shape index (κ3) is 1.32. The Labute approximate surface area is 129 Å². The second-order valence-electron chi connectivity index (χ2n) is 10.1. The van der Waals surface area contributed by atoms with Gasteiger partial charge in [-0.15, -0.1) is 0 Å². The highest BCUT2D eigenvalue weighted by Gasteiger charge is 2.81. The molecule has 0 heterocycles. The summed E-state index contributed by atoms with van der Waals surface area (Å²) in [7, 11) is 0. The zero-order valence-corrected chi connectivity index (χ0v) is 14.0. The minimum absolute atomic E-state index is 0.00521. The lowest BCUT2D eigenvalue weighted by molar-refractivity contribution is -0.123. The SMILES string of the molecule is C[C@]12CC[C@H](O)C[C@@H]1CC[C@@]13CC14CCC[C@@]4(C)CC[C@H]23. The lowest BCUT2D eigenvalue weighted by atomic mass is 9.45. The molecular weight excluding hydrogens is 256 g/mol. The lowest BCUT2D eigenvalue weighted by Gasteiger charge is -2.60. The van der Waals surface area contributed by atoms with Crippen LogP contribution >= 0.6 is 0 Å². The quantitative estimate of drug-likeness (QED) is 0.670. The van der Waals surface area contributed by atoms with E-state index in [0.29, 0.717) is 10.8 Å². The van der Waals surface area contributed by atoms with E-state index in [1.165, 1.54) is 44.9 Å². The number of aliphatic hydroxyl groups excluding tert-OH is 1. The third-order valence-corrected chi connectivity index (χ3v) is 9.82. The molecular formula is C20H32O. The van der Waals surface area contributed by atoms with Gasteiger partial charge in [-0.05, 0) is 97.7 Å². The Kier molecular flexibility index (Phi) is 2.37. The molecule has 5 fully saturated rings. The van der Waals surface area contributed by atoms with Gasteiger partial charge >= 0.3 is 0 Å². The summed E-state index contributed by atoms with van der Waals surface area (Å²) in [4.78, 5) is 0. The molecule has 2 spiro atoms. The Bertz CT molecular complexity index is 486. The Morgan fingerprint density at radius 3 is 2.62 bits per heavy atom. The van der Waals surface area contributed by atoms with Gasteiger partial charge in [0.25, 0.3) is 0 Å². The summed E-state index contributed by atoms with van der Waals surface area (Å²) < 4.78 is 0. The van der Waals surface area contributed by atoms with E-state index in [4.69, 9.17) is 0 Å². The maximum absolute atomic E-state index is 10.1. The van der Waals surface area contributed by atoms with Crippen molar-refractivity contribution in [2.75, 3.05) is 0 Å². The van der Waals surface area contributed by atoms with E-state index in [-0.39, 0.29) is 6.10 Å². The summed E-state index contributed by atoms with van der Waals surface area (Å²) in [5, 5.41) is 10.1. The molecule has 118 valence electrons. The molecule has 0 aliphatic heterocycles. The van der Waals surface area contributed by atoms with Gasteiger partial charge in [-0.1, -0.05) is 20.3 Å². The van der Waals surface area contributed by atoms with Crippen molar-refractivity contribution in [3.05, 3.63) is 0 Å². The Balaban J connectivity index is 1.54. The Hall–Kier alpha value is -0.0400. The predicted molar refractivity (Wildman–Crippen MR) is 84.9 cm³/mol. The van der Waals surface area contributed by atoms with E-state index in [0.717, 1.165) is 35.5 Å². The molecule has 7 atom stereocenters. The number of fused-ring (bicyclic) bond motifs is 2. The van der Waals surface area contributed by atoms with Crippen LogP contribution < -0.4 is 0 Å². The van der Waals surface area contributed by atoms with Crippen LogP contribution in [0, 0.1) is 33.5 Å². The van der Waals surface area contributed by atoms with Gasteiger partial charge in [-0.3, -0.25) is 0 Å². The second-order valence-corrected chi connectivity index (χ2v) is 10.1. The first kappa shape index (κ1) is 13.4. The van der Waals surface area contributed by atoms with Crippen molar-refractivity contribution in [2.45, 2.75) is 90.6 Å². The molecule has 1 heteroatoms. The van der Waals surface area contributed by atoms with Gasteiger partial charge < -0.3 is 5.11 Å². The minimum atomic E-state index is 0.00521. The van der Waals surface area contributed by atoms with Crippen molar-refractivity contribution >= 4 is 0 Å². The molecule has 5 saturated carbocycles. The Morgan fingerprint density at radius 1 is 0.905 bits per heavy atom. The lowest BCUT2D eigenvalue weighted by Crippen LogP contribution is -2.53. The molecule has 0 bridgehead atoms. The highest BCUT2D eigenvalue weighted by molar-refractivity contribution is 5.30. The largest absolute Gasteiger partial charge is 0.393 e. The van der Waals surface area contributed by atoms with Crippen molar-refractivity contribution in [1.82, 2.24) is 0 Å². The molecule has 5 aliphatic carbocycles. The van der Waals surface area contributed by atoms with Crippen LogP contribution in [0.15, 0.2) is 0 Å². The summed E-state index contributed by atoms with van der Waals surface area (Å²) >= 11 is 0. The highest BCUT2D eigenvalue weighted by atomic mass is 16.3. The zero-order chi connectivity index (χ0) is 14.5. The number of hydrogen-bond donors (Lipinski definition) is 1. The minimum Gasteiger partial charge on any atom is -0.393 e. The van der Waals surface area contributed by atoms with Gasteiger partial charge in [0, 0.05) is 0 Å². The van der Waals surface area contributed by atoms with Crippen LogP contribution in [0.4, 0.5) is 0 Å². The fourth-order valence-corrected chi connectivity index (χ4v) is 8.73. The summed E-state index contributed by atoms with van der Waals surface area (Å²) in [6.45, 7) is 5.27. The summed E-state index contributed by atoms with van der Waals surface area (Å²) in [6.07, 6.45) is 15.5. The molecule has 1 unspecified atom stereocenters. The first-order valence-electron chi connectivity index (χ1n) is 9.64. The third-order valence-electron chi connectivity index (χ3n) is 9.82. The first-order valence-corrected chi connectivity index (χ1v) is 9.64. The van der Waals surface area contributed by atoms with Crippen LogP contribution in [0.3, 0.4) is 0 Å². The highest BCUT2D eigenvalue weighted by Crippen LogP contribution is 2.89. The molecule has 1 nitrogen and oxygen atoms in total. The zero-order valence-electron chi connectivity index (χ0n) is 14.0.